The first-order valence-electron chi connectivity index (χ1n) is 5.92. The van der Waals surface area contributed by atoms with Crippen molar-refractivity contribution in [1.82, 2.24) is 24.7 Å². The van der Waals surface area contributed by atoms with E-state index in [0.717, 1.165) is 24.4 Å². The highest BCUT2D eigenvalue weighted by atomic mass is 35.5. The molecule has 17 heavy (non-hydrogen) atoms. The van der Waals surface area contributed by atoms with E-state index in [2.05, 4.69) is 20.2 Å². The summed E-state index contributed by atoms with van der Waals surface area (Å²) in [4.78, 5) is 2.45. The third kappa shape index (κ3) is 2.25. The molecule has 2 aromatic heterocycles. The highest BCUT2D eigenvalue weighted by molar-refractivity contribution is 6.29. The van der Waals surface area contributed by atoms with Crippen LogP contribution in [0.1, 0.15) is 18.7 Å². The van der Waals surface area contributed by atoms with Crippen LogP contribution in [-0.2, 0) is 6.42 Å². The Kier molecular flexibility index (Phi) is 2.94. The fourth-order valence-corrected chi connectivity index (χ4v) is 2.37. The van der Waals surface area contributed by atoms with Crippen molar-refractivity contribution in [2.45, 2.75) is 19.3 Å². The molecule has 90 valence electrons. The molecule has 1 saturated heterocycles. The number of likely N-dealkylation sites (tertiary alicyclic amines) is 1. The second-order valence-corrected chi connectivity index (χ2v) is 4.73. The molecule has 0 aliphatic carbocycles. The van der Waals surface area contributed by atoms with Crippen molar-refractivity contribution in [1.29, 1.82) is 0 Å². The number of rotatable bonds is 3. The molecular weight excluding hydrogens is 238 g/mol. The maximum absolute atomic E-state index is 5.88. The lowest BCUT2D eigenvalue weighted by atomic mass is 10.4. The molecule has 0 saturated carbocycles. The standard InChI is InChI=1S/C11H14ClN5/c12-9-3-4-10-13-14-11(17(10)15-9)5-8-16-6-1-2-7-16/h3-4H,1-2,5-8H2. The third-order valence-electron chi connectivity index (χ3n) is 3.15. The van der Waals surface area contributed by atoms with Gasteiger partial charge in [0.25, 0.3) is 0 Å². The highest BCUT2D eigenvalue weighted by Crippen LogP contribution is 2.10. The van der Waals surface area contributed by atoms with E-state index in [1.165, 1.54) is 25.9 Å². The minimum Gasteiger partial charge on any atom is -0.303 e. The lowest BCUT2D eigenvalue weighted by molar-refractivity contribution is 0.340. The zero-order valence-electron chi connectivity index (χ0n) is 9.51. The maximum atomic E-state index is 5.88. The molecule has 0 radical (unpaired) electrons. The molecule has 0 amide bonds. The summed E-state index contributed by atoms with van der Waals surface area (Å²) in [7, 11) is 0. The van der Waals surface area contributed by atoms with E-state index < -0.39 is 0 Å². The van der Waals surface area contributed by atoms with Crippen LogP contribution in [-0.4, -0.2) is 44.3 Å². The Balaban J connectivity index is 1.77. The normalized spacial score (nSPS) is 17.0. The average molecular weight is 252 g/mol. The summed E-state index contributed by atoms with van der Waals surface area (Å²) in [6.07, 6.45) is 3.49. The molecule has 0 bridgehead atoms. The van der Waals surface area contributed by atoms with E-state index >= 15 is 0 Å². The van der Waals surface area contributed by atoms with Gasteiger partial charge in [-0.3, -0.25) is 0 Å². The highest BCUT2D eigenvalue weighted by Gasteiger charge is 2.13. The number of nitrogens with zero attached hydrogens (tertiary/aromatic N) is 5. The van der Waals surface area contributed by atoms with Crippen LogP contribution in [0.2, 0.25) is 5.15 Å². The van der Waals surface area contributed by atoms with Crippen LogP contribution in [0.5, 0.6) is 0 Å². The predicted molar refractivity (Wildman–Crippen MR) is 65.2 cm³/mol. The Hall–Kier alpha value is -1.20. The second-order valence-electron chi connectivity index (χ2n) is 4.34. The van der Waals surface area contributed by atoms with Gasteiger partial charge in [0.1, 0.15) is 5.15 Å². The monoisotopic (exact) mass is 251 g/mol. The van der Waals surface area contributed by atoms with Crippen molar-refractivity contribution in [3.05, 3.63) is 23.1 Å². The lowest BCUT2D eigenvalue weighted by Crippen LogP contribution is -2.22. The summed E-state index contributed by atoms with van der Waals surface area (Å²) in [6.45, 7) is 3.42. The predicted octanol–water partition coefficient (Wildman–Crippen LogP) is 1.42. The summed E-state index contributed by atoms with van der Waals surface area (Å²) in [5, 5.41) is 12.9. The molecule has 0 aromatic carbocycles. The Morgan fingerprint density at radius 3 is 2.82 bits per heavy atom. The lowest BCUT2D eigenvalue weighted by Gasteiger charge is -2.12. The molecule has 2 aromatic rings. The van der Waals surface area contributed by atoms with Gasteiger partial charge >= 0.3 is 0 Å². The van der Waals surface area contributed by atoms with Crippen LogP contribution >= 0.6 is 11.6 Å². The minimum atomic E-state index is 0.472. The molecule has 3 rings (SSSR count). The van der Waals surface area contributed by atoms with Gasteiger partial charge in [0.15, 0.2) is 11.5 Å². The zero-order chi connectivity index (χ0) is 11.7. The molecule has 1 aliphatic rings. The summed E-state index contributed by atoms with van der Waals surface area (Å²) >= 11 is 5.88. The van der Waals surface area contributed by atoms with Crippen molar-refractivity contribution in [2.75, 3.05) is 19.6 Å². The van der Waals surface area contributed by atoms with Crippen molar-refractivity contribution in [2.24, 2.45) is 0 Å². The van der Waals surface area contributed by atoms with Gasteiger partial charge in [0, 0.05) is 13.0 Å². The van der Waals surface area contributed by atoms with Gasteiger partial charge in [-0.05, 0) is 38.1 Å². The van der Waals surface area contributed by atoms with Gasteiger partial charge in [-0.2, -0.15) is 9.61 Å². The van der Waals surface area contributed by atoms with Gasteiger partial charge in [0.2, 0.25) is 0 Å². The van der Waals surface area contributed by atoms with E-state index in [1.54, 1.807) is 10.6 Å². The molecule has 1 fully saturated rings. The average Bonchev–Trinajstić information content (AvgIpc) is 2.94. The van der Waals surface area contributed by atoms with Crippen LogP contribution in [0, 0.1) is 0 Å². The molecule has 1 aliphatic heterocycles. The quantitative estimate of drug-likeness (QED) is 0.828. The summed E-state index contributed by atoms with van der Waals surface area (Å²) in [6, 6.07) is 3.57. The van der Waals surface area contributed by atoms with Gasteiger partial charge < -0.3 is 4.90 Å². The van der Waals surface area contributed by atoms with E-state index in [1.807, 2.05) is 6.07 Å². The number of aromatic nitrogens is 4. The molecule has 0 atom stereocenters. The number of halogens is 1. The molecule has 0 spiro atoms. The van der Waals surface area contributed by atoms with Crippen molar-refractivity contribution in [3.63, 3.8) is 0 Å². The van der Waals surface area contributed by atoms with Gasteiger partial charge in [-0.15, -0.1) is 10.2 Å². The molecular formula is C11H14ClN5. The van der Waals surface area contributed by atoms with Crippen LogP contribution in [0.15, 0.2) is 12.1 Å². The Labute approximate surface area is 104 Å². The maximum Gasteiger partial charge on any atom is 0.178 e. The van der Waals surface area contributed by atoms with Crippen molar-refractivity contribution >= 4 is 17.2 Å². The van der Waals surface area contributed by atoms with Crippen LogP contribution in [0.4, 0.5) is 0 Å². The van der Waals surface area contributed by atoms with Crippen molar-refractivity contribution in [3.8, 4) is 0 Å². The fourth-order valence-electron chi connectivity index (χ4n) is 2.23. The topological polar surface area (TPSA) is 46.3 Å². The van der Waals surface area contributed by atoms with E-state index in [-0.39, 0.29) is 0 Å². The van der Waals surface area contributed by atoms with Crippen LogP contribution < -0.4 is 0 Å². The SMILES string of the molecule is Clc1ccc2nnc(CCN3CCCC3)n2n1. The Morgan fingerprint density at radius 1 is 1.18 bits per heavy atom. The molecule has 0 unspecified atom stereocenters. The van der Waals surface area contributed by atoms with E-state index in [0.29, 0.717) is 5.15 Å². The minimum absolute atomic E-state index is 0.472. The smallest absolute Gasteiger partial charge is 0.178 e. The first-order chi connectivity index (χ1) is 8.33. The van der Waals surface area contributed by atoms with Crippen molar-refractivity contribution < 1.29 is 0 Å². The van der Waals surface area contributed by atoms with E-state index in [4.69, 9.17) is 11.6 Å². The first kappa shape index (κ1) is 10.9. The Morgan fingerprint density at radius 2 is 2.00 bits per heavy atom. The Bertz CT molecular complexity index is 518. The zero-order valence-corrected chi connectivity index (χ0v) is 10.3. The number of hydrogen-bond donors (Lipinski definition) is 0. The second kappa shape index (κ2) is 4.58. The van der Waals surface area contributed by atoms with E-state index in [9.17, 15) is 0 Å². The van der Waals surface area contributed by atoms with Crippen LogP contribution in [0.3, 0.4) is 0 Å². The van der Waals surface area contributed by atoms with Gasteiger partial charge in [0.05, 0.1) is 0 Å². The summed E-state index contributed by atoms with van der Waals surface area (Å²) in [5.41, 5.74) is 0.755. The first-order valence-corrected chi connectivity index (χ1v) is 6.30. The summed E-state index contributed by atoms with van der Waals surface area (Å²) in [5.74, 6) is 0.884. The molecule has 3 heterocycles. The molecule has 5 nitrogen and oxygen atoms in total. The largest absolute Gasteiger partial charge is 0.303 e. The van der Waals surface area contributed by atoms with Crippen LogP contribution in [0.25, 0.3) is 5.65 Å². The van der Waals surface area contributed by atoms with Gasteiger partial charge in [-0.1, -0.05) is 11.6 Å². The molecule has 6 heteroatoms. The fraction of sp³-hybridized carbons (Fsp3) is 0.545. The molecule has 0 N–H and O–H groups in total. The number of fused-ring (bicyclic) bond motifs is 1. The summed E-state index contributed by atoms with van der Waals surface area (Å²) < 4.78 is 1.73. The third-order valence-corrected chi connectivity index (χ3v) is 3.35. The van der Waals surface area contributed by atoms with Gasteiger partial charge in [-0.25, -0.2) is 0 Å². The number of hydrogen-bond acceptors (Lipinski definition) is 4.